The maximum Gasteiger partial charge on any atom is 0.290 e. The molecule has 0 heterocycles. The fourth-order valence-corrected chi connectivity index (χ4v) is 1.67. The summed E-state index contributed by atoms with van der Waals surface area (Å²) in [5.41, 5.74) is 2.99. The molecule has 0 fully saturated rings. The lowest BCUT2D eigenvalue weighted by atomic mass is 10.1. The van der Waals surface area contributed by atoms with Crippen molar-refractivity contribution in [2.24, 2.45) is 0 Å². The summed E-state index contributed by atoms with van der Waals surface area (Å²) in [6.07, 6.45) is 4.91. The molecule has 20 heavy (non-hydrogen) atoms. The Bertz CT molecular complexity index is 481. The topological polar surface area (TPSA) is 32.1 Å². The summed E-state index contributed by atoms with van der Waals surface area (Å²) >= 11 is 0. The molecule has 0 aliphatic carbocycles. The van der Waals surface area contributed by atoms with Crippen LogP contribution in [0.3, 0.4) is 0 Å². The number of para-hydroxylation sites is 1. The van der Waals surface area contributed by atoms with Crippen LogP contribution in [0.25, 0.3) is 0 Å². The number of aryl methyl sites for hydroxylation is 2. The molecule has 0 radical (unpaired) electrons. The van der Waals surface area contributed by atoms with E-state index in [9.17, 15) is 4.79 Å². The number of allylic oxidation sites excluding steroid dienone is 1. The second-order valence-corrected chi connectivity index (χ2v) is 4.05. The van der Waals surface area contributed by atoms with E-state index in [1.165, 1.54) is 0 Å². The van der Waals surface area contributed by atoms with Crippen LogP contribution in [0.4, 0.5) is 5.69 Å². The summed E-state index contributed by atoms with van der Waals surface area (Å²) in [5, 5.41) is 2.92. The van der Waals surface area contributed by atoms with Crippen LogP contribution in [-0.2, 0) is 4.79 Å². The normalized spacial score (nSPS) is 10.1. The van der Waals surface area contributed by atoms with E-state index in [1.807, 2.05) is 45.9 Å². The number of nitrogens with one attached hydrogen (secondary N) is 1. The highest BCUT2D eigenvalue weighted by molar-refractivity contribution is 5.93. The van der Waals surface area contributed by atoms with Gasteiger partial charge in [-0.1, -0.05) is 38.6 Å². The van der Waals surface area contributed by atoms with Gasteiger partial charge in [0.1, 0.15) is 0 Å². The standard InChI is InChI=1S/C15H18N2O.C2H6/c1-5-10-17(6-2)11-14(18)16-15-12(3)8-7-9-13(15)4;1-2/h5-10H,1-2,11H2,3-4H3;1-2H3/p+1. The van der Waals surface area contributed by atoms with E-state index in [-0.39, 0.29) is 12.5 Å². The molecular formula is C17H25N2O+. The number of anilines is 1. The quantitative estimate of drug-likeness (QED) is 0.644. The number of nitrogens with zero attached hydrogens (tertiary/aromatic N) is 1. The second-order valence-electron chi connectivity index (χ2n) is 4.05. The lowest BCUT2D eigenvalue weighted by Gasteiger charge is -2.10. The van der Waals surface area contributed by atoms with Crippen LogP contribution in [0.5, 0.6) is 0 Å². The highest BCUT2D eigenvalue weighted by Gasteiger charge is 2.11. The van der Waals surface area contributed by atoms with Crippen LogP contribution in [0.1, 0.15) is 25.0 Å². The van der Waals surface area contributed by atoms with E-state index in [1.54, 1.807) is 23.1 Å². The third-order valence-corrected chi connectivity index (χ3v) is 2.60. The average molecular weight is 273 g/mol. The van der Waals surface area contributed by atoms with Crippen LogP contribution in [-0.4, -0.2) is 23.2 Å². The fraction of sp³-hybridized carbons (Fsp3) is 0.294. The zero-order chi connectivity index (χ0) is 15.5. The number of benzene rings is 1. The number of carbonyl (C=O) groups excluding carboxylic acids is 1. The predicted molar refractivity (Wildman–Crippen MR) is 87.5 cm³/mol. The van der Waals surface area contributed by atoms with Gasteiger partial charge in [0.05, 0.1) is 0 Å². The van der Waals surface area contributed by atoms with Gasteiger partial charge in [0.25, 0.3) is 5.91 Å². The maximum atomic E-state index is 11.9. The van der Waals surface area contributed by atoms with Gasteiger partial charge in [0, 0.05) is 5.69 Å². The molecule has 0 bridgehead atoms. The van der Waals surface area contributed by atoms with Crippen LogP contribution in [0.2, 0.25) is 0 Å². The molecule has 1 aromatic rings. The van der Waals surface area contributed by atoms with E-state index in [0.717, 1.165) is 16.8 Å². The van der Waals surface area contributed by atoms with E-state index in [4.69, 9.17) is 0 Å². The lowest BCUT2D eigenvalue weighted by molar-refractivity contribution is -0.437. The maximum absolute atomic E-state index is 11.9. The van der Waals surface area contributed by atoms with Gasteiger partial charge in [-0.25, -0.2) is 0 Å². The van der Waals surface area contributed by atoms with Crippen molar-refractivity contribution in [1.29, 1.82) is 0 Å². The molecule has 0 aromatic heterocycles. The smallest absolute Gasteiger partial charge is 0.290 e. The summed E-state index contributed by atoms with van der Waals surface area (Å²) in [6, 6.07) is 5.93. The average Bonchev–Trinajstić information content (AvgIpc) is 2.45. The second kappa shape index (κ2) is 9.73. The first-order chi connectivity index (χ1) is 9.58. The molecule has 1 aromatic carbocycles. The number of hydrogen-bond donors (Lipinski definition) is 1. The van der Waals surface area contributed by atoms with Crippen LogP contribution in [0.15, 0.2) is 43.6 Å². The highest BCUT2D eigenvalue weighted by atomic mass is 16.1. The Morgan fingerprint density at radius 3 is 2.25 bits per heavy atom. The minimum Gasteiger partial charge on any atom is -0.320 e. The molecule has 0 saturated carbocycles. The van der Waals surface area contributed by atoms with Crippen LogP contribution in [0, 0.1) is 13.8 Å². The number of hydrogen-bond acceptors (Lipinski definition) is 1. The molecule has 108 valence electrons. The first kappa shape index (κ1) is 17.8. The Labute approximate surface area is 122 Å². The van der Waals surface area contributed by atoms with E-state index in [0.29, 0.717) is 0 Å². The van der Waals surface area contributed by atoms with Gasteiger partial charge in [-0.2, -0.15) is 4.58 Å². The molecule has 1 amide bonds. The molecular weight excluding hydrogens is 248 g/mol. The van der Waals surface area contributed by atoms with Gasteiger partial charge in [-0.15, -0.1) is 0 Å². The summed E-state index contributed by atoms with van der Waals surface area (Å²) in [5.74, 6) is -0.0783. The van der Waals surface area contributed by atoms with Crippen molar-refractivity contribution in [3.8, 4) is 0 Å². The van der Waals surface area contributed by atoms with E-state index >= 15 is 0 Å². The Kier molecular flexibility index (Phi) is 8.68. The molecule has 0 unspecified atom stereocenters. The summed E-state index contributed by atoms with van der Waals surface area (Å²) in [6.45, 7) is 15.4. The van der Waals surface area contributed by atoms with Gasteiger partial charge >= 0.3 is 0 Å². The van der Waals surface area contributed by atoms with Crippen LogP contribution >= 0.6 is 0 Å². The van der Waals surface area contributed by atoms with Crippen molar-refractivity contribution in [3.05, 3.63) is 54.8 Å². The zero-order valence-electron chi connectivity index (χ0n) is 12.9. The predicted octanol–water partition coefficient (Wildman–Crippen LogP) is 3.68. The van der Waals surface area contributed by atoms with Gasteiger partial charge in [-0.05, 0) is 37.6 Å². The third-order valence-electron chi connectivity index (χ3n) is 2.60. The largest absolute Gasteiger partial charge is 0.320 e. The van der Waals surface area contributed by atoms with Crippen molar-refractivity contribution in [1.82, 2.24) is 0 Å². The molecule has 3 heteroatoms. The first-order valence-corrected chi connectivity index (χ1v) is 6.78. The highest BCUT2D eigenvalue weighted by Crippen LogP contribution is 2.19. The Morgan fingerprint density at radius 2 is 1.80 bits per heavy atom. The molecule has 0 saturated heterocycles. The van der Waals surface area contributed by atoms with Crippen molar-refractivity contribution < 1.29 is 9.37 Å². The lowest BCUT2D eigenvalue weighted by Crippen LogP contribution is -2.24. The molecule has 0 spiro atoms. The van der Waals surface area contributed by atoms with Crippen molar-refractivity contribution in [3.63, 3.8) is 0 Å². The molecule has 0 aliphatic heterocycles. The van der Waals surface area contributed by atoms with Gasteiger partial charge in [0.2, 0.25) is 6.54 Å². The van der Waals surface area contributed by atoms with E-state index in [2.05, 4.69) is 18.5 Å². The number of rotatable bonds is 5. The molecule has 0 aliphatic rings. The molecule has 0 atom stereocenters. The van der Waals surface area contributed by atoms with Gasteiger partial charge < -0.3 is 5.32 Å². The minimum atomic E-state index is -0.0783. The molecule has 3 nitrogen and oxygen atoms in total. The molecule has 1 rings (SSSR count). The number of amides is 1. The van der Waals surface area contributed by atoms with Gasteiger partial charge in [0.15, 0.2) is 12.4 Å². The SMILES string of the molecule is C=CC=[N+](C=C)CC(=O)Nc1c(C)cccc1C.CC. The monoisotopic (exact) mass is 273 g/mol. The van der Waals surface area contributed by atoms with Crippen molar-refractivity contribution >= 4 is 17.8 Å². The fourth-order valence-electron chi connectivity index (χ4n) is 1.67. The summed E-state index contributed by atoms with van der Waals surface area (Å²) < 4.78 is 1.68. The Balaban J connectivity index is 0.00000172. The van der Waals surface area contributed by atoms with Crippen molar-refractivity contribution in [2.45, 2.75) is 27.7 Å². The Morgan fingerprint density at radius 1 is 1.25 bits per heavy atom. The van der Waals surface area contributed by atoms with E-state index < -0.39 is 0 Å². The van der Waals surface area contributed by atoms with Crippen LogP contribution < -0.4 is 5.32 Å². The minimum absolute atomic E-state index is 0.0783. The molecule has 1 N–H and O–H groups in total. The van der Waals surface area contributed by atoms with Crippen molar-refractivity contribution in [2.75, 3.05) is 11.9 Å². The summed E-state index contributed by atoms with van der Waals surface area (Å²) in [7, 11) is 0. The summed E-state index contributed by atoms with van der Waals surface area (Å²) in [4.78, 5) is 11.9. The number of carbonyl (C=O) groups is 1. The Hall–Kier alpha value is -2.16. The van der Waals surface area contributed by atoms with Gasteiger partial charge in [-0.3, -0.25) is 4.79 Å². The third kappa shape index (κ3) is 5.65. The first-order valence-electron chi connectivity index (χ1n) is 6.78. The zero-order valence-corrected chi connectivity index (χ0v) is 12.9.